The molecular weight excluding hydrogens is 586 g/mol. The SMILES string of the molecule is CCCCOCCOCCOCCCNC(=O)CCC(NC(=O)OC(C)(C)C)C(=O)NCCCOCCOCCOCCCC. The first-order valence-electron chi connectivity index (χ1n) is 16.7. The fourth-order valence-electron chi connectivity index (χ4n) is 3.57. The second-order valence-corrected chi connectivity index (χ2v) is 11.5. The second kappa shape index (κ2) is 30.6. The molecule has 45 heavy (non-hydrogen) atoms. The van der Waals surface area contributed by atoms with Crippen molar-refractivity contribution in [1.82, 2.24) is 16.0 Å². The molecule has 0 aliphatic carbocycles. The maximum absolute atomic E-state index is 12.8. The normalized spacial score (nSPS) is 12.1. The van der Waals surface area contributed by atoms with E-state index >= 15 is 0 Å². The number of alkyl carbamates (subject to hydrolysis) is 1. The number of rotatable bonds is 31. The Morgan fingerprint density at radius 1 is 0.578 bits per heavy atom. The average molecular weight is 650 g/mol. The molecule has 0 aromatic rings. The summed E-state index contributed by atoms with van der Waals surface area (Å²) in [6, 6.07) is -0.917. The summed E-state index contributed by atoms with van der Waals surface area (Å²) in [7, 11) is 0. The van der Waals surface area contributed by atoms with Gasteiger partial charge in [0.25, 0.3) is 0 Å². The van der Waals surface area contributed by atoms with E-state index in [1.54, 1.807) is 20.8 Å². The van der Waals surface area contributed by atoms with Crippen LogP contribution in [0.2, 0.25) is 0 Å². The first-order chi connectivity index (χ1) is 21.7. The van der Waals surface area contributed by atoms with Crippen LogP contribution in [0.15, 0.2) is 0 Å². The topological polar surface area (TPSA) is 152 Å². The van der Waals surface area contributed by atoms with Gasteiger partial charge in [-0.05, 0) is 52.9 Å². The monoisotopic (exact) mass is 649 g/mol. The summed E-state index contributed by atoms with van der Waals surface area (Å²) in [5.74, 6) is -0.600. The van der Waals surface area contributed by atoms with Gasteiger partial charge in [0.05, 0.1) is 52.9 Å². The van der Waals surface area contributed by atoms with Crippen molar-refractivity contribution in [3.05, 3.63) is 0 Å². The van der Waals surface area contributed by atoms with Crippen LogP contribution in [0.3, 0.4) is 0 Å². The van der Waals surface area contributed by atoms with Gasteiger partial charge in [-0.25, -0.2) is 4.79 Å². The molecule has 0 aliphatic heterocycles. The van der Waals surface area contributed by atoms with Crippen molar-refractivity contribution in [3.8, 4) is 0 Å². The molecule has 0 saturated carbocycles. The molecule has 0 heterocycles. The lowest BCUT2D eigenvalue weighted by Crippen LogP contribution is -2.48. The first kappa shape index (κ1) is 43.0. The molecule has 0 spiro atoms. The number of ether oxygens (including phenoxy) is 7. The molecule has 0 radical (unpaired) electrons. The third kappa shape index (κ3) is 31.7. The maximum Gasteiger partial charge on any atom is 0.408 e. The summed E-state index contributed by atoms with van der Waals surface area (Å²) in [6.45, 7) is 16.9. The highest BCUT2D eigenvalue weighted by Gasteiger charge is 2.24. The predicted molar refractivity (Wildman–Crippen MR) is 172 cm³/mol. The molecule has 0 bridgehead atoms. The smallest absolute Gasteiger partial charge is 0.408 e. The van der Waals surface area contributed by atoms with Gasteiger partial charge in [-0.2, -0.15) is 0 Å². The van der Waals surface area contributed by atoms with Crippen LogP contribution < -0.4 is 16.0 Å². The van der Waals surface area contributed by atoms with Gasteiger partial charge in [0.1, 0.15) is 11.6 Å². The fraction of sp³-hybridized carbons (Fsp3) is 0.906. The highest BCUT2D eigenvalue weighted by Crippen LogP contribution is 2.08. The van der Waals surface area contributed by atoms with Crippen LogP contribution in [0, 0.1) is 0 Å². The Balaban J connectivity index is 4.15. The molecule has 266 valence electrons. The van der Waals surface area contributed by atoms with Gasteiger partial charge in [-0.1, -0.05) is 26.7 Å². The zero-order valence-electron chi connectivity index (χ0n) is 28.7. The molecular formula is C32H63N3O10. The molecule has 13 heteroatoms. The van der Waals surface area contributed by atoms with E-state index in [2.05, 4.69) is 29.8 Å². The van der Waals surface area contributed by atoms with Crippen molar-refractivity contribution >= 4 is 17.9 Å². The van der Waals surface area contributed by atoms with Crippen LogP contribution in [-0.4, -0.2) is 122 Å². The van der Waals surface area contributed by atoms with Crippen LogP contribution in [0.4, 0.5) is 4.79 Å². The van der Waals surface area contributed by atoms with Crippen molar-refractivity contribution in [3.63, 3.8) is 0 Å². The van der Waals surface area contributed by atoms with Crippen molar-refractivity contribution in [2.75, 3.05) is 92.4 Å². The minimum atomic E-state index is -0.917. The van der Waals surface area contributed by atoms with E-state index in [1.807, 2.05) is 0 Å². The summed E-state index contributed by atoms with van der Waals surface area (Å²) < 4.78 is 38.1. The van der Waals surface area contributed by atoms with Crippen molar-refractivity contribution in [2.24, 2.45) is 0 Å². The lowest BCUT2D eigenvalue weighted by Gasteiger charge is -2.23. The zero-order chi connectivity index (χ0) is 33.4. The van der Waals surface area contributed by atoms with Crippen LogP contribution in [0.1, 0.15) is 86.0 Å². The van der Waals surface area contributed by atoms with Gasteiger partial charge >= 0.3 is 6.09 Å². The molecule has 13 nitrogen and oxygen atoms in total. The summed E-state index contributed by atoms with van der Waals surface area (Å²) in [4.78, 5) is 37.5. The Bertz CT molecular complexity index is 722. The Morgan fingerprint density at radius 2 is 0.978 bits per heavy atom. The number of hydrogen-bond acceptors (Lipinski definition) is 10. The number of amides is 3. The van der Waals surface area contributed by atoms with Crippen molar-refractivity contribution in [2.45, 2.75) is 97.6 Å². The summed E-state index contributed by atoms with van der Waals surface area (Å²) in [6.07, 6.45) is 5.05. The number of unbranched alkanes of at least 4 members (excludes halogenated alkanes) is 2. The molecule has 1 unspecified atom stereocenters. The van der Waals surface area contributed by atoms with E-state index in [0.29, 0.717) is 92.0 Å². The molecule has 3 amide bonds. The van der Waals surface area contributed by atoms with E-state index in [0.717, 1.165) is 38.9 Å². The van der Waals surface area contributed by atoms with E-state index < -0.39 is 17.7 Å². The van der Waals surface area contributed by atoms with E-state index in [1.165, 1.54) is 0 Å². The Hall–Kier alpha value is -2.03. The van der Waals surface area contributed by atoms with E-state index in [4.69, 9.17) is 33.2 Å². The Labute approximate surface area is 271 Å². The Morgan fingerprint density at radius 3 is 1.40 bits per heavy atom. The molecule has 0 aromatic heterocycles. The molecule has 0 aromatic carbocycles. The lowest BCUT2D eigenvalue weighted by atomic mass is 10.1. The average Bonchev–Trinajstić information content (AvgIpc) is 2.98. The highest BCUT2D eigenvalue weighted by atomic mass is 16.6. The largest absolute Gasteiger partial charge is 0.444 e. The molecule has 1 atom stereocenters. The van der Waals surface area contributed by atoms with Gasteiger partial charge in [-0.3, -0.25) is 9.59 Å². The molecule has 0 fully saturated rings. The maximum atomic E-state index is 12.8. The standard InChI is InChI=1S/C32H63N3O10/c1-6-8-16-39-20-24-43-26-22-41-18-10-14-33-29(36)13-12-28(35-31(38)45-32(3,4)5)30(37)34-15-11-19-42-23-27-44-25-21-40-17-9-7-2/h28H,6-27H2,1-5H3,(H,33,36)(H,34,37)(H,35,38). The quantitative estimate of drug-likeness (QED) is 0.0954. The predicted octanol–water partition coefficient (Wildman–Crippen LogP) is 3.37. The summed E-state index contributed by atoms with van der Waals surface area (Å²) in [5, 5.41) is 8.22. The minimum Gasteiger partial charge on any atom is -0.444 e. The van der Waals surface area contributed by atoms with Gasteiger partial charge < -0.3 is 49.1 Å². The number of carbonyl (C=O) groups excluding carboxylic acids is 3. The lowest BCUT2D eigenvalue weighted by molar-refractivity contribution is -0.124. The van der Waals surface area contributed by atoms with Crippen molar-refractivity contribution in [1.29, 1.82) is 0 Å². The molecule has 0 saturated heterocycles. The number of nitrogens with one attached hydrogen (secondary N) is 3. The second-order valence-electron chi connectivity index (χ2n) is 11.5. The van der Waals surface area contributed by atoms with Gasteiger partial charge in [0.2, 0.25) is 11.8 Å². The third-order valence-corrected chi connectivity index (χ3v) is 5.99. The summed E-state index contributed by atoms with van der Waals surface area (Å²) >= 11 is 0. The fourth-order valence-corrected chi connectivity index (χ4v) is 3.57. The molecule has 0 aliphatic rings. The first-order valence-corrected chi connectivity index (χ1v) is 16.7. The minimum absolute atomic E-state index is 0.0651. The molecule has 0 rings (SSSR count). The Kier molecular flexibility index (Phi) is 29.2. The highest BCUT2D eigenvalue weighted by molar-refractivity contribution is 5.86. The zero-order valence-corrected chi connectivity index (χ0v) is 28.7. The van der Waals surface area contributed by atoms with E-state index in [9.17, 15) is 14.4 Å². The van der Waals surface area contributed by atoms with E-state index in [-0.39, 0.29) is 24.7 Å². The third-order valence-electron chi connectivity index (χ3n) is 5.99. The number of hydrogen-bond donors (Lipinski definition) is 3. The van der Waals surface area contributed by atoms with Crippen molar-refractivity contribution < 1.29 is 47.5 Å². The van der Waals surface area contributed by atoms with Gasteiger partial charge in [0, 0.05) is 45.9 Å². The van der Waals surface area contributed by atoms with Gasteiger partial charge in [0.15, 0.2) is 0 Å². The number of carbonyl (C=O) groups is 3. The van der Waals surface area contributed by atoms with Crippen LogP contribution >= 0.6 is 0 Å². The summed E-state index contributed by atoms with van der Waals surface area (Å²) in [5.41, 5.74) is -0.720. The van der Waals surface area contributed by atoms with Gasteiger partial charge in [-0.15, -0.1) is 0 Å². The van der Waals surface area contributed by atoms with Crippen LogP contribution in [0.25, 0.3) is 0 Å². The van der Waals surface area contributed by atoms with Crippen LogP contribution in [0.5, 0.6) is 0 Å². The van der Waals surface area contributed by atoms with Crippen LogP contribution in [-0.2, 0) is 42.7 Å². The molecule has 3 N–H and O–H groups in total.